The summed E-state index contributed by atoms with van der Waals surface area (Å²) in [5.74, 6) is -2.72. The Hall–Kier alpha value is -0.270. The predicted molar refractivity (Wildman–Crippen MR) is 58.9 cm³/mol. The molecule has 0 fully saturated rings. The van der Waals surface area contributed by atoms with Gasteiger partial charge in [-0.2, -0.15) is 9.37 Å². The van der Waals surface area contributed by atoms with Crippen LogP contribution in [0.25, 0.3) is 0 Å². The number of nitrogen functional groups attached to an aromatic ring is 1. The van der Waals surface area contributed by atoms with E-state index in [1.165, 1.54) is 0 Å². The van der Waals surface area contributed by atoms with Crippen molar-refractivity contribution in [2.24, 2.45) is 0 Å². The van der Waals surface area contributed by atoms with Crippen molar-refractivity contribution in [3.63, 3.8) is 0 Å². The van der Waals surface area contributed by atoms with Crippen LogP contribution in [0.2, 0.25) is 10.0 Å². The van der Waals surface area contributed by atoms with Gasteiger partial charge in [0.15, 0.2) is 6.61 Å². The van der Waals surface area contributed by atoms with Crippen molar-refractivity contribution in [2.75, 3.05) is 12.3 Å². The number of carbonyl (C=O) groups is 1. The van der Waals surface area contributed by atoms with E-state index in [1.807, 2.05) is 0 Å². The monoisotopic (exact) mass is 278 g/mol. The average molecular weight is 279 g/mol. The number of carboxylic acids is 1. The summed E-state index contributed by atoms with van der Waals surface area (Å²) in [5.41, 5.74) is 5.07. The predicted octanol–water partition coefficient (Wildman–Crippen LogP) is 0.925. The Balaban J connectivity index is 0.00000225. The first-order chi connectivity index (χ1) is 6.93. The second-order valence-electron chi connectivity index (χ2n) is 2.43. The van der Waals surface area contributed by atoms with Crippen LogP contribution < -0.4 is 10.5 Å². The molecule has 16 heavy (non-hydrogen) atoms. The van der Waals surface area contributed by atoms with E-state index in [1.54, 1.807) is 0 Å². The summed E-state index contributed by atoms with van der Waals surface area (Å²) >= 11 is 11.0. The molecule has 0 unspecified atom stereocenters. The van der Waals surface area contributed by atoms with Crippen LogP contribution in [0.3, 0.4) is 0 Å². The van der Waals surface area contributed by atoms with Crippen molar-refractivity contribution in [1.82, 2.24) is 4.98 Å². The van der Waals surface area contributed by atoms with Gasteiger partial charge in [0.2, 0.25) is 11.8 Å². The second kappa shape index (κ2) is 6.46. The summed E-state index contributed by atoms with van der Waals surface area (Å²) in [4.78, 5) is 13.4. The molecule has 9 heteroatoms. The van der Waals surface area contributed by atoms with Crippen molar-refractivity contribution in [3.05, 3.63) is 16.0 Å². The van der Waals surface area contributed by atoms with Gasteiger partial charge in [-0.1, -0.05) is 23.2 Å². The number of nitrogens with two attached hydrogens (primary N) is 1. The van der Waals surface area contributed by atoms with Crippen molar-refractivity contribution in [1.29, 1.82) is 0 Å². The number of aromatic nitrogens is 1. The molecule has 1 heterocycles. The van der Waals surface area contributed by atoms with Gasteiger partial charge in [0, 0.05) is 0 Å². The van der Waals surface area contributed by atoms with Gasteiger partial charge < -0.3 is 15.6 Å². The Morgan fingerprint density at radius 2 is 2.06 bits per heavy atom. The van der Waals surface area contributed by atoms with Crippen LogP contribution in [0, 0.1) is 5.95 Å². The number of hydrogen-bond donors (Lipinski definition) is 2. The van der Waals surface area contributed by atoms with Gasteiger partial charge in [0.25, 0.3) is 0 Å². The Bertz CT molecular complexity index is 419. The van der Waals surface area contributed by atoms with Crippen molar-refractivity contribution < 1.29 is 19.0 Å². The molecule has 0 atom stereocenters. The van der Waals surface area contributed by atoms with E-state index in [2.05, 4.69) is 9.72 Å². The maximum atomic E-state index is 12.9. The fraction of sp³-hybridized carbons (Fsp3) is 0.143. The molecule has 0 amide bonds. The number of halogens is 3. The summed E-state index contributed by atoms with van der Waals surface area (Å²) in [6.07, 6.45) is 0. The van der Waals surface area contributed by atoms with Crippen molar-refractivity contribution in [3.8, 4) is 5.88 Å². The van der Waals surface area contributed by atoms with Crippen LogP contribution in [0.15, 0.2) is 0 Å². The van der Waals surface area contributed by atoms with Crippen LogP contribution in [0.5, 0.6) is 5.88 Å². The molecule has 0 aromatic carbocycles. The molecule has 0 spiro atoms. The van der Waals surface area contributed by atoms with Gasteiger partial charge >= 0.3 is 35.5 Å². The zero-order valence-corrected chi connectivity index (χ0v) is 8.64. The molecule has 1 rings (SSSR count). The second-order valence-corrected chi connectivity index (χ2v) is 3.19. The van der Waals surface area contributed by atoms with E-state index in [-0.39, 0.29) is 40.3 Å². The third-order valence-corrected chi connectivity index (χ3v) is 2.10. The first kappa shape index (κ1) is 15.7. The average Bonchev–Trinajstić information content (AvgIpc) is 2.18. The van der Waals surface area contributed by atoms with Crippen LogP contribution >= 0.6 is 23.2 Å². The van der Waals surface area contributed by atoms with E-state index in [4.69, 9.17) is 34.0 Å². The minimum absolute atomic E-state index is 0. The van der Waals surface area contributed by atoms with E-state index in [0.29, 0.717) is 0 Å². The topological polar surface area (TPSA) is 85.4 Å². The van der Waals surface area contributed by atoms with Gasteiger partial charge in [-0.05, 0) is 0 Å². The zero-order valence-electron chi connectivity index (χ0n) is 7.13. The molecule has 0 saturated carbocycles. The normalized spacial score (nSPS) is 9.44. The number of nitrogens with zero attached hydrogens (tertiary/aromatic N) is 1. The van der Waals surface area contributed by atoms with Crippen molar-refractivity contribution in [2.45, 2.75) is 0 Å². The minimum atomic E-state index is -1.25. The molecule has 5 nitrogen and oxygen atoms in total. The Morgan fingerprint density at radius 3 is 2.56 bits per heavy atom. The molecule has 0 aliphatic heterocycles. The molecule has 1 aromatic heterocycles. The van der Waals surface area contributed by atoms with E-state index >= 15 is 0 Å². The number of carboxylic acid groups (broad SMARTS) is 1. The van der Waals surface area contributed by atoms with Crippen LogP contribution in [-0.2, 0) is 4.79 Å². The summed E-state index contributed by atoms with van der Waals surface area (Å²) in [5, 5.41) is 7.66. The number of pyridine rings is 1. The number of hydrogen-bond acceptors (Lipinski definition) is 4. The van der Waals surface area contributed by atoms with Crippen LogP contribution in [0.4, 0.5) is 10.1 Å². The summed E-state index contributed by atoms with van der Waals surface area (Å²) in [7, 11) is 0. The molecule has 0 saturated heterocycles. The molecular weight excluding hydrogens is 273 g/mol. The quantitative estimate of drug-likeness (QED) is 0.635. The van der Waals surface area contributed by atoms with E-state index in [9.17, 15) is 9.18 Å². The SMILES string of the molecule is Nc1c(Cl)c(F)nc(OCC(=O)O)c1Cl.[NaH]. The first-order valence-electron chi connectivity index (χ1n) is 3.58. The van der Waals surface area contributed by atoms with E-state index in [0.717, 1.165) is 0 Å². The number of ether oxygens (including phenoxy) is 1. The molecule has 0 aliphatic rings. The third kappa shape index (κ3) is 3.64. The Kier molecular flexibility index (Phi) is 6.35. The zero-order chi connectivity index (χ0) is 11.6. The number of aliphatic carboxylic acids is 1. The number of anilines is 1. The molecule has 0 bridgehead atoms. The fourth-order valence-electron chi connectivity index (χ4n) is 0.736. The van der Waals surface area contributed by atoms with Crippen LogP contribution in [0.1, 0.15) is 0 Å². The van der Waals surface area contributed by atoms with Gasteiger partial charge in [-0.3, -0.25) is 0 Å². The molecule has 84 valence electrons. The van der Waals surface area contributed by atoms with Gasteiger partial charge in [0.05, 0.1) is 5.69 Å². The summed E-state index contributed by atoms with van der Waals surface area (Å²) < 4.78 is 17.5. The third-order valence-electron chi connectivity index (χ3n) is 1.37. The van der Waals surface area contributed by atoms with Crippen molar-refractivity contribution >= 4 is 64.4 Å². The Morgan fingerprint density at radius 1 is 1.50 bits per heavy atom. The Labute approximate surface area is 122 Å². The summed E-state index contributed by atoms with van der Waals surface area (Å²) in [6.45, 7) is -0.701. The fourth-order valence-corrected chi connectivity index (χ4v) is 1.11. The maximum absolute atomic E-state index is 12.9. The first-order valence-corrected chi connectivity index (χ1v) is 4.33. The van der Waals surface area contributed by atoms with E-state index < -0.39 is 29.4 Å². The molecule has 0 radical (unpaired) electrons. The molecule has 3 N–H and O–H groups in total. The van der Waals surface area contributed by atoms with Gasteiger partial charge in [-0.25, -0.2) is 4.79 Å². The van der Waals surface area contributed by atoms with Gasteiger partial charge in [-0.15, -0.1) is 0 Å². The molecular formula is C7H6Cl2FN2NaO3. The summed E-state index contributed by atoms with van der Waals surface area (Å²) in [6, 6.07) is 0. The number of rotatable bonds is 3. The van der Waals surface area contributed by atoms with Crippen LogP contribution in [-0.4, -0.2) is 52.2 Å². The van der Waals surface area contributed by atoms with Gasteiger partial charge in [0.1, 0.15) is 10.0 Å². The molecule has 0 aliphatic carbocycles. The standard InChI is InChI=1S/C7H5Cl2FN2O3.Na.H/c8-3-5(11)4(9)7(12-6(3)10)15-1-2(13)14;;/h1H2,(H2,11,12)(H,13,14);;. The molecule has 1 aromatic rings.